The molecule has 2 N–H and O–H groups in total. The standard InChI is InChI=1S/C21H25NO8S/c1-21(2,3)22-12-19(31(26,27)29-13-23)15-7-10-18(17(24)11-15)30-20(25)14-5-8-16(28-4)9-6-14/h5-11,13,19,22,24H,12H2,1-4H3. The summed E-state index contributed by atoms with van der Waals surface area (Å²) in [6.07, 6.45) is 0. The molecule has 0 aromatic heterocycles. The van der Waals surface area contributed by atoms with Crippen molar-refractivity contribution in [2.75, 3.05) is 13.7 Å². The van der Waals surface area contributed by atoms with Crippen molar-refractivity contribution in [3.05, 3.63) is 53.6 Å². The number of carbonyl (C=O) groups excluding carboxylic acids is 2. The normalized spacial score (nSPS) is 12.6. The number of carbonyl (C=O) groups is 2. The van der Waals surface area contributed by atoms with Crippen molar-refractivity contribution in [3.63, 3.8) is 0 Å². The van der Waals surface area contributed by atoms with Crippen molar-refractivity contribution >= 4 is 22.6 Å². The van der Waals surface area contributed by atoms with Crippen LogP contribution in [0.3, 0.4) is 0 Å². The molecular formula is C21H25NO8S. The van der Waals surface area contributed by atoms with E-state index in [4.69, 9.17) is 9.47 Å². The predicted octanol–water partition coefficient (Wildman–Crippen LogP) is 2.55. The number of hydrogen-bond donors (Lipinski definition) is 2. The Morgan fingerprint density at radius 1 is 1.16 bits per heavy atom. The monoisotopic (exact) mass is 451 g/mol. The fraction of sp³-hybridized carbons (Fsp3) is 0.333. The maximum absolute atomic E-state index is 12.4. The van der Waals surface area contributed by atoms with Crippen molar-refractivity contribution in [1.29, 1.82) is 0 Å². The maximum Gasteiger partial charge on any atom is 0.343 e. The van der Waals surface area contributed by atoms with Crippen molar-refractivity contribution in [2.24, 2.45) is 0 Å². The quantitative estimate of drug-likeness (QED) is 0.256. The molecule has 0 saturated heterocycles. The average molecular weight is 451 g/mol. The zero-order chi connectivity index (χ0) is 23.2. The largest absolute Gasteiger partial charge is 0.504 e. The third-order valence-corrected chi connectivity index (χ3v) is 5.71. The van der Waals surface area contributed by atoms with Crippen LogP contribution in [0.2, 0.25) is 0 Å². The van der Waals surface area contributed by atoms with Crippen molar-refractivity contribution in [3.8, 4) is 17.2 Å². The summed E-state index contributed by atoms with van der Waals surface area (Å²) >= 11 is 0. The second-order valence-electron chi connectivity index (χ2n) is 7.65. The van der Waals surface area contributed by atoms with Crippen molar-refractivity contribution < 1.29 is 36.8 Å². The lowest BCUT2D eigenvalue weighted by Gasteiger charge is -2.25. The molecule has 0 heterocycles. The average Bonchev–Trinajstić information content (AvgIpc) is 2.69. The first-order chi connectivity index (χ1) is 14.5. The van der Waals surface area contributed by atoms with Gasteiger partial charge < -0.3 is 24.1 Å². The van der Waals surface area contributed by atoms with Crippen LogP contribution in [0.1, 0.15) is 41.9 Å². The molecule has 2 rings (SSSR count). The Kier molecular flexibility index (Phi) is 7.64. The molecule has 0 spiro atoms. The highest BCUT2D eigenvalue weighted by Gasteiger charge is 2.31. The van der Waals surface area contributed by atoms with Crippen LogP contribution in [-0.2, 0) is 19.1 Å². The van der Waals surface area contributed by atoms with Crippen LogP contribution in [0.25, 0.3) is 0 Å². The lowest BCUT2D eigenvalue weighted by Crippen LogP contribution is -2.40. The molecule has 0 fully saturated rings. The number of methoxy groups -OCH3 is 1. The molecule has 1 atom stereocenters. The van der Waals surface area contributed by atoms with Crippen LogP contribution in [0.4, 0.5) is 0 Å². The van der Waals surface area contributed by atoms with Crippen molar-refractivity contribution in [1.82, 2.24) is 5.32 Å². The molecule has 10 heteroatoms. The van der Waals surface area contributed by atoms with Gasteiger partial charge in [-0.05, 0) is 62.7 Å². The van der Waals surface area contributed by atoms with Gasteiger partial charge in [-0.2, -0.15) is 8.42 Å². The van der Waals surface area contributed by atoms with E-state index in [1.54, 1.807) is 12.1 Å². The highest BCUT2D eigenvalue weighted by Crippen LogP contribution is 2.33. The molecule has 0 aliphatic carbocycles. The van der Waals surface area contributed by atoms with Gasteiger partial charge in [-0.3, -0.25) is 4.79 Å². The number of rotatable bonds is 9. The van der Waals surface area contributed by atoms with E-state index in [2.05, 4.69) is 9.50 Å². The van der Waals surface area contributed by atoms with Crippen LogP contribution in [0, 0.1) is 0 Å². The zero-order valence-corrected chi connectivity index (χ0v) is 18.4. The number of nitrogens with one attached hydrogen (secondary N) is 1. The van der Waals surface area contributed by atoms with E-state index in [0.717, 1.165) is 6.07 Å². The summed E-state index contributed by atoms with van der Waals surface area (Å²) in [5, 5.41) is 12.1. The fourth-order valence-electron chi connectivity index (χ4n) is 2.61. The maximum atomic E-state index is 12.4. The van der Waals surface area contributed by atoms with Gasteiger partial charge in [0.2, 0.25) is 0 Å². The van der Waals surface area contributed by atoms with Gasteiger partial charge in [0.05, 0.1) is 12.7 Å². The van der Waals surface area contributed by atoms with Gasteiger partial charge in [0.15, 0.2) is 11.5 Å². The minimum atomic E-state index is -4.31. The minimum Gasteiger partial charge on any atom is -0.504 e. The highest BCUT2D eigenvalue weighted by molar-refractivity contribution is 7.87. The lowest BCUT2D eigenvalue weighted by atomic mass is 10.1. The van der Waals surface area contributed by atoms with E-state index >= 15 is 0 Å². The molecule has 0 bridgehead atoms. The second-order valence-corrected chi connectivity index (χ2v) is 9.40. The summed E-state index contributed by atoms with van der Waals surface area (Å²) in [7, 11) is -2.81. The number of hydrogen-bond acceptors (Lipinski definition) is 9. The number of esters is 1. The molecular weight excluding hydrogens is 426 g/mol. The van der Waals surface area contributed by atoms with Crippen LogP contribution in [0.15, 0.2) is 42.5 Å². The van der Waals surface area contributed by atoms with Gasteiger partial charge in [-0.15, -0.1) is 0 Å². The molecule has 9 nitrogen and oxygen atoms in total. The Bertz CT molecular complexity index is 1030. The first kappa shape index (κ1) is 24.2. The van der Waals surface area contributed by atoms with Gasteiger partial charge in [0, 0.05) is 12.1 Å². The molecule has 0 aliphatic rings. The zero-order valence-electron chi connectivity index (χ0n) is 17.6. The summed E-state index contributed by atoms with van der Waals surface area (Å²) < 4.78 is 39.3. The summed E-state index contributed by atoms with van der Waals surface area (Å²) in [5.74, 6) is -0.742. The highest BCUT2D eigenvalue weighted by atomic mass is 32.2. The Morgan fingerprint density at radius 3 is 2.32 bits per heavy atom. The minimum absolute atomic E-state index is 0.0793. The van der Waals surface area contributed by atoms with Crippen LogP contribution >= 0.6 is 0 Å². The van der Waals surface area contributed by atoms with E-state index in [1.807, 2.05) is 20.8 Å². The van der Waals surface area contributed by atoms with E-state index in [1.165, 1.54) is 31.4 Å². The molecule has 31 heavy (non-hydrogen) atoms. The Labute approximate surface area is 181 Å². The Hall–Kier alpha value is -3.11. The number of aromatic hydroxyl groups is 1. The molecule has 0 saturated carbocycles. The summed E-state index contributed by atoms with van der Waals surface area (Å²) in [6.45, 7) is 5.29. The van der Waals surface area contributed by atoms with Gasteiger partial charge in [-0.25, -0.2) is 4.79 Å². The molecule has 1 unspecified atom stereocenters. The summed E-state index contributed by atoms with van der Waals surface area (Å²) in [6, 6.07) is 9.98. The van der Waals surface area contributed by atoms with Crippen LogP contribution in [-0.4, -0.2) is 45.2 Å². The van der Waals surface area contributed by atoms with E-state index in [-0.39, 0.29) is 29.9 Å². The molecule has 2 aromatic carbocycles. The third-order valence-electron chi connectivity index (χ3n) is 4.22. The van der Waals surface area contributed by atoms with E-state index in [9.17, 15) is 23.1 Å². The van der Waals surface area contributed by atoms with Crippen molar-refractivity contribution in [2.45, 2.75) is 31.6 Å². The second kappa shape index (κ2) is 9.80. The number of phenols is 1. The number of phenolic OH excluding ortho intramolecular Hbond substituents is 1. The molecule has 0 radical (unpaired) electrons. The lowest BCUT2D eigenvalue weighted by molar-refractivity contribution is -0.120. The predicted molar refractivity (Wildman–Crippen MR) is 113 cm³/mol. The summed E-state index contributed by atoms with van der Waals surface area (Å²) in [4.78, 5) is 22.9. The van der Waals surface area contributed by atoms with E-state index < -0.39 is 32.6 Å². The molecule has 0 amide bonds. The summed E-state index contributed by atoms with van der Waals surface area (Å²) in [5.41, 5.74) is -0.0241. The van der Waals surface area contributed by atoms with Crippen LogP contribution in [0.5, 0.6) is 17.2 Å². The molecule has 2 aromatic rings. The van der Waals surface area contributed by atoms with Gasteiger partial charge in [0.1, 0.15) is 11.0 Å². The number of benzene rings is 2. The Balaban J connectivity index is 2.27. The Morgan fingerprint density at radius 2 is 1.81 bits per heavy atom. The number of ether oxygens (including phenoxy) is 2. The van der Waals surface area contributed by atoms with Gasteiger partial charge in [-0.1, -0.05) is 6.07 Å². The topological polar surface area (TPSA) is 128 Å². The third kappa shape index (κ3) is 6.69. The first-order valence-corrected chi connectivity index (χ1v) is 10.7. The first-order valence-electron chi connectivity index (χ1n) is 9.27. The fourth-order valence-corrected chi connectivity index (χ4v) is 3.63. The van der Waals surface area contributed by atoms with E-state index in [0.29, 0.717) is 5.75 Å². The molecule has 168 valence electrons. The smallest absolute Gasteiger partial charge is 0.343 e. The van der Waals surface area contributed by atoms with Gasteiger partial charge >= 0.3 is 22.6 Å². The molecule has 0 aliphatic heterocycles. The van der Waals surface area contributed by atoms with Gasteiger partial charge in [0.25, 0.3) is 0 Å². The SMILES string of the molecule is COc1ccc(C(=O)Oc2ccc(C(CNC(C)(C)C)S(=O)(=O)OC=O)cc2O)cc1. The van der Waals surface area contributed by atoms with Crippen LogP contribution < -0.4 is 14.8 Å².